The summed E-state index contributed by atoms with van der Waals surface area (Å²) in [6.07, 6.45) is -1.53. The lowest BCUT2D eigenvalue weighted by molar-refractivity contribution is -0.138. The number of anilines is 1. The number of halogens is 5. The summed E-state index contributed by atoms with van der Waals surface area (Å²) >= 11 is 0. The molecular formula is C31H31F5N6O2. The molecule has 1 aliphatic carbocycles. The molecule has 232 valence electrons. The van der Waals surface area contributed by atoms with Crippen molar-refractivity contribution in [3.05, 3.63) is 76.4 Å². The van der Waals surface area contributed by atoms with E-state index in [1.807, 2.05) is 29.1 Å². The highest BCUT2D eigenvalue weighted by atomic mass is 19.4. The van der Waals surface area contributed by atoms with Crippen LogP contribution in [-0.4, -0.2) is 45.6 Å². The number of aryl methyl sites for hydroxylation is 1. The first-order valence-electron chi connectivity index (χ1n) is 14.0. The van der Waals surface area contributed by atoms with Crippen molar-refractivity contribution in [1.82, 2.24) is 25.4 Å². The predicted molar refractivity (Wildman–Crippen MR) is 152 cm³/mol. The summed E-state index contributed by atoms with van der Waals surface area (Å²) in [5.41, 5.74) is -0.331. The van der Waals surface area contributed by atoms with E-state index in [-0.39, 0.29) is 29.8 Å². The van der Waals surface area contributed by atoms with Crippen molar-refractivity contribution >= 4 is 17.5 Å². The van der Waals surface area contributed by atoms with Gasteiger partial charge >= 0.3 is 6.18 Å². The molecule has 0 unspecified atom stereocenters. The number of carbonyl (C=O) groups is 2. The summed E-state index contributed by atoms with van der Waals surface area (Å²) in [6.45, 7) is 0.977. The van der Waals surface area contributed by atoms with Gasteiger partial charge in [0.25, 0.3) is 17.7 Å². The van der Waals surface area contributed by atoms with Gasteiger partial charge < -0.3 is 20.1 Å². The maximum atomic E-state index is 14.2. The maximum absolute atomic E-state index is 14.2. The molecule has 1 aliphatic heterocycles. The molecule has 3 aromatic rings. The van der Waals surface area contributed by atoms with Crippen molar-refractivity contribution in [2.24, 2.45) is 13.0 Å². The highest BCUT2D eigenvalue weighted by molar-refractivity contribution is 6.10. The SMILES string of the molecule is CC#CC(=O)NCC(F)(F)CNCc1cc2c(c(C(F)(F)F)c1)CN(c1cccc(C3(c4nncn4C)CC(C)C3)c1)C2=O. The Kier molecular flexibility index (Phi) is 8.24. The first kappa shape index (κ1) is 31.1. The van der Waals surface area contributed by atoms with Gasteiger partial charge in [-0.15, -0.1) is 10.2 Å². The Hall–Kier alpha value is -4.31. The number of amides is 2. The Morgan fingerprint density at radius 3 is 2.52 bits per heavy atom. The molecule has 1 aromatic heterocycles. The van der Waals surface area contributed by atoms with E-state index in [0.29, 0.717) is 11.6 Å². The number of nitrogens with one attached hydrogen (secondary N) is 2. The van der Waals surface area contributed by atoms with Gasteiger partial charge in [-0.25, -0.2) is 8.78 Å². The lowest BCUT2D eigenvalue weighted by atomic mass is 9.58. The molecule has 8 nitrogen and oxygen atoms in total. The van der Waals surface area contributed by atoms with Crippen LogP contribution in [0.15, 0.2) is 42.7 Å². The van der Waals surface area contributed by atoms with E-state index < -0.39 is 48.0 Å². The van der Waals surface area contributed by atoms with Gasteiger partial charge in [0, 0.05) is 24.8 Å². The summed E-state index contributed by atoms with van der Waals surface area (Å²) in [4.78, 5) is 26.3. The molecular weight excluding hydrogens is 583 g/mol. The molecule has 2 aromatic carbocycles. The van der Waals surface area contributed by atoms with Crippen LogP contribution in [-0.2, 0) is 36.5 Å². The fraction of sp³-hybridized carbons (Fsp3) is 0.419. The summed E-state index contributed by atoms with van der Waals surface area (Å²) in [5.74, 6) is 0.748. The molecule has 2 amide bonds. The minimum Gasteiger partial charge on any atom is -0.339 e. The molecule has 2 aliphatic rings. The number of nitrogens with zero attached hydrogens (tertiary/aromatic N) is 4. The minimum atomic E-state index is -4.77. The highest BCUT2D eigenvalue weighted by Gasteiger charge is 2.48. The average molecular weight is 615 g/mol. The van der Waals surface area contributed by atoms with Gasteiger partial charge in [-0.1, -0.05) is 25.0 Å². The Bertz CT molecular complexity index is 1650. The summed E-state index contributed by atoms with van der Waals surface area (Å²) in [7, 11) is 1.86. The minimum absolute atomic E-state index is 0.0291. The van der Waals surface area contributed by atoms with Gasteiger partial charge in [-0.2, -0.15) is 13.2 Å². The highest BCUT2D eigenvalue weighted by Crippen LogP contribution is 2.52. The zero-order valence-corrected chi connectivity index (χ0v) is 24.4. The monoisotopic (exact) mass is 614 g/mol. The van der Waals surface area contributed by atoms with E-state index in [4.69, 9.17) is 0 Å². The lowest BCUT2D eigenvalue weighted by Crippen LogP contribution is -2.43. The van der Waals surface area contributed by atoms with Gasteiger partial charge in [0.2, 0.25) is 0 Å². The smallest absolute Gasteiger partial charge is 0.339 e. The topological polar surface area (TPSA) is 92.2 Å². The number of alkyl halides is 5. The molecule has 1 saturated carbocycles. The van der Waals surface area contributed by atoms with Crippen LogP contribution in [0.3, 0.4) is 0 Å². The third-order valence-corrected chi connectivity index (χ3v) is 8.11. The van der Waals surface area contributed by atoms with Crippen molar-refractivity contribution in [3.63, 3.8) is 0 Å². The van der Waals surface area contributed by atoms with Crippen LogP contribution in [0.1, 0.15) is 65.1 Å². The second-order valence-corrected chi connectivity index (χ2v) is 11.5. The van der Waals surface area contributed by atoms with Gasteiger partial charge in [0.05, 0.1) is 30.6 Å². The molecule has 0 atom stereocenters. The average Bonchev–Trinajstić information content (AvgIpc) is 3.52. The number of benzene rings is 2. The van der Waals surface area contributed by atoms with Crippen LogP contribution in [0.5, 0.6) is 0 Å². The van der Waals surface area contributed by atoms with Gasteiger partial charge in [0.15, 0.2) is 0 Å². The fourth-order valence-electron chi connectivity index (χ4n) is 6.22. The molecule has 0 saturated heterocycles. The summed E-state index contributed by atoms with van der Waals surface area (Å²) < 4.78 is 72.9. The van der Waals surface area contributed by atoms with Crippen LogP contribution in [0.2, 0.25) is 0 Å². The van der Waals surface area contributed by atoms with Crippen molar-refractivity contribution in [3.8, 4) is 11.8 Å². The molecule has 0 radical (unpaired) electrons. The van der Waals surface area contributed by atoms with Crippen molar-refractivity contribution < 1.29 is 31.5 Å². The maximum Gasteiger partial charge on any atom is 0.416 e. The largest absolute Gasteiger partial charge is 0.416 e. The molecule has 1 fully saturated rings. The summed E-state index contributed by atoms with van der Waals surface area (Å²) in [5, 5.41) is 12.8. The number of hydrogen-bond donors (Lipinski definition) is 2. The van der Waals surface area contributed by atoms with Gasteiger partial charge in [0.1, 0.15) is 12.2 Å². The Balaban J connectivity index is 1.38. The molecule has 13 heteroatoms. The van der Waals surface area contributed by atoms with Gasteiger partial charge in [-0.05, 0) is 72.6 Å². The van der Waals surface area contributed by atoms with Crippen LogP contribution in [0.4, 0.5) is 27.6 Å². The standard InChI is InChI=1S/C31H31F5N6O2/c1-4-6-26(43)38-17-30(32,33)16-37-14-20-9-23-24(25(10-20)31(34,35)36)15-42(27(23)44)22-8-5-7-21(11-22)29(12-19(2)13-29)28-40-39-18-41(28)3/h5,7-11,18-19,37H,12-17H2,1-3H3,(H,38,43). The second-order valence-electron chi connectivity index (χ2n) is 11.5. The fourth-order valence-corrected chi connectivity index (χ4v) is 6.22. The zero-order valence-electron chi connectivity index (χ0n) is 24.4. The second kappa shape index (κ2) is 11.6. The van der Waals surface area contributed by atoms with E-state index in [1.165, 1.54) is 17.9 Å². The lowest BCUT2D eigenvalue weighted by Gasteiger charge is -2.46. The molecule has 5 rings (SSSR count). The van der Waals surface area contributed by atoms with Crippen LogP contribution in [0, 0.1) is 17.8 Å². The van der Waals surface area contributed by atoms with E-state index >= 15 is 0 Å². The Morgan fingerprint density at radius 2 is 1.89 bits per heavy atom. The first-order valence-corrected chi connectivity index (χ1v) is 14.0. The van der Waals surface area contributed by atoms with Crippen molar-refractivity contribution in [1.29, 1.82) is 0 Å². The number of aromatic nitrogens is 3. The van der Waals surface area contributed by atoms with E-state index in [1.54, 1.807) is 18.5 Å². The van der Waals surface area contributed by atoms with E-state index in [0.717, 1.165) is 30.3 Å². The Morgan fingerprint density at radius 1 is 1.14 bits per heavy atom. The molecule has 44 heavy (non-hydrogen) atoms. The molecule has 0 spiro atoms. The van der Waals surface area contributed by atoms with Crippen LogP contribution in [0.25, 0.3) is 0 Å². The number of fused-ring (bicyclic) bond motifs is 1. The zero-order chi connectivity index (χ0) is 31.9. The molecule has 2 heterocycles. The van der Waals surface area contributed by atoms with Crippen molar-refractivity contribution in [2.45, 2.75) is 57.3 Å². The van der Waals surface area contributed by atoms with Crippen molar-refractivity contribution in [2.75, 3.05) is 18.0 Å². The van der Waals surface area contributed by atoms with Crippen LogP contribution < -0.4 is 15.5 Å². The molecule has 0 bridgehead atoms. The third-order valence-electron chi connectivity index (χ3n) is 8.11. The van der Waals surface area contributed by atoms with Crippen LogP contribution >= 0.6 is 0 Å². The number of hydrogen-bond acceptors (Lipinski definition) is 5. The van der Waals surface area contributed by atoms with E-state index in [2.05, 4.69) is 34.3 Å². The quantitative estimate of drug-likeness (QED) is 0.272. The normalized spacial score (nSPS) is 19.7. The predicted octanol–water partition coefficient (Wildman–Crippen LogP) is 4.57. The third kappa shape index (κ3) is 6.04. The Labute approximate surface area is 251 Å². The number of carbonyl (C=O) groups excluding carboxylic acids is 2. The summed E-state index contributed by atoms with van der Waals surface area (Å²) in [6, 6.07) is 9.42. The van der Waals surface area contributed by atoms with E-state index in [9.17, 15) is 31.5 Å². The first-order chi connectivity index (χ1) is 20.7. The van der Waals surface area contributed by atoms with Gasteiger partial charge in [-0.3, -0.25) is 9.59 Å². The number of rotatable bonds is 9. The molecule has 2 N–H and O–H groups in total.